The van der Waals surface area contributed by atoms with Gasteiger partial charge in [0.2, 0.25) is 5.91 Å². The Morgan fingerprint density at radius 2 is 1.85 bits per heavy atom. The lowest BCUT2D eigenvalue weighted by atomic mass is 9.66. The lowest BCUT2D eigenvalue weighted by molar-refractivity contribution is -0.189. The molecule has 2 unspecified atom stereocenters. The Labute approximate surface area is 117 Å². The Morgan fingerprint density at radius 1 is 1.20 bits per heavy atom. The minimum Gasteiger partial charge on any atom is -0.353 e. The molecular weight excluding hydrogens is 269 g/mol. The summed E-state index contributed by atoms with van der Waals surface area (Å²) in [4.78, 5) is 12.0. The van der Waals surface area contributed by atoms with Crippen LogP contribution in [-0.2, 0) is 4.79 Å². The molecule has 0 saturated heterocycles. The molecule has 116 valence electrons. The van der Waals surface area contributed by atoms with Crippen LogP contribution in [0.1, 0.15) is 51.4 Å². The first-order chi connectivity index (χ1) is 9.36. The Balaban J connectivity index is 1.91. The predicted octanol–water partition coefficient (Wildman–Crippen LogP) is 2.74. The van der Waals surface area contributed by atoms with Crippen LogP contribution in [-0.4, -0.2) is 24.7 Å². The van der Waals surface area contributed by atoms with Crippen LogP contribution in [0.2, 0.25) is 0 Å². The fourth-order valence-corrected chi connectivity index (χ4v) is 3.42. The molecule has 0 aromatic rings. The lowest BCUT2D eigenvalue weighted by Gasteiger charge is -2.41. The first kappa shape index (κ1) is 15.6. The highest BCUT2D eigenvalue weighted by molar-refractivity contribution is 5.77. The van der Waals surface area contributed by atoms with Crippen molar-refractivity contribution in [2.75, 3.05) is 6.54 Å². The first-order valence-electron chi connectivity index (χ1n) is 7.42. The molecule has 1 amide bonds. The van der Waals surface area contributed by atoms with Gasteiger partial charge in [-0.1, -0.05) is 19.3 Å². The molecule has 3 nitrogen and oxygen atoms in total. The molecule has 0 aromatic heterocycles. The zero-order valence-electron chi connectivity index (χ0n) is 11.6. The molecule has 6 heteroatoms. The Morgan fingerprint density at radius 3 is 2.35 bits per heavy atom. The highest BCUT2D eigenvalue weighted by Crippen LogP contribution is 2.43. The average molecular weight is 292 g/mol. The maximum absolute atomic E-state index is 13.0. The summed E-state index contributed by atoms with van der Waals surface area (Å²) in [6.07, 6.45) is 0.795. The third kappa shape index (κ3) is 3.45. The molecule has 0 bridgehead atoms. The molecule has 2 saturated carbocycles. The normalized spacial score (nSPS) is 29.6. The summed E-state index contributed by atoms with van der Waals surface area (Å²) < 4.78 is 38.9. The minimum absolute atomic E-state index is 0.122. The number of amides is 1. The van der Waals surface area contributed by atoms with Crippen molar-refractivity contribution in [3.05, 3.63) is 0 Å². The Kier molecular flexibility index (Phi) is 4.62. The van der Waals surface area contributed by atoms with E-state index in [2.05, 4.69) is 5.32 Å². The topological polar surface area (TPSA) is 55.1 Å². The predicted molar refractivity (Wildman–Crippen MR) is 69.9 cm³/mol. The second-order valence-corrected chi connectivity index (χ2v) is 6.34. The van der Waals surface area contributed by atoms with Crippen molar-refractivity contribution < 1.29 is 18.0 Å². The number of carbonyl (C=O) groups is 1. The average Bonchev–Trinajstić information content (AvgIpc) is 2.33. The number of hydrogen-bond acceptors (Lipinski definition) is 2. The molecule has 2 aliphatic carbocycles. The van der Waals surface area contributed by atoms with Gasteiger partial charge in [-0.2, -0.15) is 13.2 Å². The van der Waals surface area contributed by atoms with E-state index in [0.29, 0.717) is 19.4 Å². The third-order valence-electron chi connectivity index (χ3n) is 4.92. The molecular formula is C14H23F3N2O. The van der Waals surface area contributed by atoms with Crippen LogP contribution >= 0.6 is 0 Å². The van der Waals surface area contributed by atoms with Gasteiger partial charge in [0.1, 0.15) is 0 Å². The van der Waals surface area contributed by atoms with Crippen LogP contribution in [0.15, 0.2) is 0 Å². The van der Waals surface area contributed by atoms with Gasteiger partial charge in [0.05, 0.1) is 5.92 Å². The van der Waals surface area contributed by atoms with E-state index < -0.39 is 18.1 Å². The maximum Gasteiger partial charge on any atom is 0.393 e. The van der Waals surface area contributed by atoms with Crippen LogP contribution in [0.5, 0.6) is 0 Å². The summed E-state index contributed by atoms with van der Waals surface area (Å²) in [7, 11) is 0. The van der Waals surface area contributed by atoms with Gasteiger partial charge in [0, 0.05) is 12.5 Å². The monoisotopic (exact) mass is 292 g/mol. The van der Waals surface area contributed by atoms with Gasteiger partial charge in [-0.3, -0.25) is 4.79 Å². The van der Waals surface area contributed by atoms with Crippen molar-refractivity contribution in [2.45, 2.75) is 63.6 Å². The molecule has 0 aliphatic heterocycles. The summed E-state index contributed by atoms with van der Waals surface area (Å²) in [5.41, 5.74) is 5.53. The molecule has 0 heterocycles. The fraction of sp³-hybridized carbons (Fsp3) is 0.929. The summed E-state index contributed by atoms with van der Waals surface area (Å²) >= 11 is 0. The molecule has 20 heavy (non-hydrogen) atoms. The van der Waals surface area contributed by atoms with Crippen molar-refractivity contribution in [2.24, 2.45) is 17.1 Å². The maximum atomic E-state index is 13.0. The van der Waals surface area contributed by atoms with Crippen molar-refractivity contribution >= 4 is 5.91 Å². The summed E-state index contributed by atoms with van der Waals surface area (Å²) in [5, 5.41) is 2.62. The number of nitrogens with one attached hydrogen (secondary N) is 1. The van der Waals surface area contributed by atoms with Crippen molar-refractivity contribution in [3.63, 3.8) is 0 Å². The molecule has 2 aliphatic rings. The van der Waals surface area contributed by atoms with E-state index in [1.807, 2.05) is 0 Å². The van der Waals surface area contributed by atoms with Crippen molar-refractivity contribution in [1.29, 1.82) is 0 Å². The molecule has 2 atom stereocenters. The molecule has 0 radical (unpaired) electrons. The zero-order valence-corrected chi connectivity index (χ0v) is 11.6. The van der Waals surface area contributed by atoms with Crippen molar-refractivity contribution in [3.8, 4) is 0 Å². The highest BCUT2D eigenvalue weighted by atomic mass is 19.4. The first-order valence-corrected chi connectivity index (χ1v) is 7.42. The van der Waals surface area contributed by atoms with E-state index in [4.69, 9.17) is 5.73 Å². The van der Waals surface area contributed by atoms with Gasteiger partial charge in [-0.05, 0) is 37.6 Å². The van der Waals surface area contributed by atoms with E-state index in [0.717, 1.165) is 25.7 Å². The van der Waals surface area contributed by atoms with Crippen LogP contribution in [0.25, 0.3) is 0 Å². The second-order valence-electron chi connectivity index (χ2n) is 6.34. The summed E-state index contributed by atoms with van der Waals surface area (Å²) in [6.45, 7) is 0.438. The Bertz CT molecular complexity index is 347. The van der Waals surface area contributed by atoms with Gasteiger partial charge < -0.3 is 11.1 Å². The van der Waals surface area contributed by atoms with E-state index in [1.54, 1.807) is 0 Å². The van der Waals surface area contributed by atoms with Gasteiger partial charge in [0.15, 0.2) is 0 Å². The smallest absolute Gasteiger partial charge is 0.353 e. The molecule has 2 fully saturated rings. The summed E-state index contributed by atoms with van der Waals surface area (Å²) in [5.74, 6) is -1.66. The van der Waals surface area contributed by atoms with E-state index in [9.17, 15) is 18.0 Å². The van der Waals surface area contributed by atoms with Crippen LogP contribution < -0.4 is 11.1 Å². The minimum atomic E-state index is -4.22. The second kappa shape index (κ2) is 5.92. The number of halogens is 3. The lowest BCUT2D eigenvalue weighted by Crippen LogP contribution is -2.50. The number of hydrogen-bond donors (Lipinski definition) is 2. The van der Waals surface area contributed by atoms with Crippen LogP contribution in [0, 0.1) is 11.3 Å². The van der Waals surface area contributed by atoms with Gasteiger partial charge >= 0.3 is 6.18 Å². The van der Waals surface area contributed by atoms with Gasteiger partial charge in [-0.25, -0.2) is 0 Å². The van der Waals surface area contributed by atoms with Crippen molar-refractivity contribution in [1.82, 2.24) is 5.32 Å². The largest absolute Gasteiger partial charge is 0.393 e. The molecule has 0 spiro atoms. The van der Waals surface area contributed by atoms with Gasteiger partial charge in [0.25, 0.3) is 0 Å². The van der Waals surface area contributed by atoms with Crippen LogP contribution in [0.3, 0.4) is 0 Å². The fourth-order valence-electron chi connectivity index (χ4n) is 3.42. The number of carbonyl (C=O) groups excluding carboxylic acids is 1. The highest BCUT2D eigenvalue weighted by Gasteiger charge is 2.46. The quantitative estimate of drug-likeness (QED) is 0.837. The van der Waals surface area contributed by atoms with Gasteiger partial charge in [-0.15, -0.1) is 0 Å². The van der Waals surface area contributed by atoms with E-state index >= 15 is 0 Å². The zero-order chi connectivity index (χ0) is 14.8. The summed E-state index contributed by atoms with van der Waals surface area (Å²) in [6, 6.07) is -0.758. The SMILES string of the molecule is NCC1(CC(=O)NC2CCCCC2C(F)(F)F)CCC1. The number of rotatable bonds is 4. The molecule has 2 rings (SSSR count). The third-order valence-corrected chi connectivity index (χ3v) is 4.92. The van der Waals surface area contributed by atoms with Crippen LogP contribution in [0.4, 0.5) is 13.2 Å². The standard InChI is InChI=1S/C14H23F3N2O/c15-14(16,17)10-4-1-2-5-11(10)19-12(20)8-13(9-18)6-3-7-13/h10-11H,1-9,18H2,(H,19,20). The molecule has 3 N–H and O–H groups in total. The number of nitrogens with two attached hydrogens (primary N) is 1. The number of alkyl halides is 3. The molecule has 0 aromatic carbocycles. The Hall–Kier alpha value is -0.780. The van der Waals surface area contributed by atoms with E-state index in [-0.39, 0.29) is 24.2 Å². The van der Waals surface area contributed by atoms with E-state index in [1.165, 1.54) is 0 Å².